The topological polar surface area (TPSA) is 142 Å². The minimum atomic E-state index is -0.728. The van der Waals surface area contributed by atoms with Gasteiger partial charge in [0, 0.05) is 29.9 Å². The predicted octanol–water partition coefficient (Wildman–Crippen LogP) is 2.51. The molecule has 4 aromatic rings. The van der Waals surface area contributed by atoms with Crippen molar-refractivity contribution in [1.82, 2.24) is 24.3 Å². The van der Waals surface area contributed by atoms with Gasteiger partial charge in [0.2, 0.25) is 0 Å². The van der Waals surface area contributed by atoms with Gasteiger partial charge in [-0.1, -0.05) is 0 Å². The van der Waals surface area contributed by atoms with Crippen LogP contribution in [0.3, 0.4) is 0 Å². The van der Waals surface area contributed by atoms with Crippen LogP contribution in [0.4, 0.5) is 5.82 Å². The van der Waals surface area contributed by atoms with Gasteiger partial charge in [0.05, 0.1) is 11.6 Å². The van der Waals surface area contributed by atoms with Crippen LogP contribution in [0.1, 0.15) is 37.4 Å². The number of carbonyl (C=O) groups is 1. The molecule has 0 amide bonds. The molecule has 1 aliphatic rings. The fraction of sp³-hybridized carbons (Fsp3) is 0.300. The van der Waals surface area contributed by atoms with E-state index >= 15 is 0 Å². The number of nitrogens with one attached hydrogen (secondary N) is 2. The number of nitrogen functional groups attached to an aromatic ring is 1. The second-order valence-corrected chi connectivity index (χ2v) is 7.56. The molecular formula is C20H20N6O3. The second kappa shape index (κ2) is 6.47. The Balaban J connectivity index is 1.64. The highest BCUT2D eigenvalue weighted by atomic mass is 16.4. The molecule has 0 radical (unpaired) electrons. The van der Waals surface area contributed by atoms with Crippen molar-refractivity contribution in [2.75, 3.05) is 5.73 Å². The summed E-state index contributed by atoms with van der Waals surface area (Å²) in [6, 6.07) is 3.70. The number of carboxylic acid groups (broad SMARTS) is 1. The largest absolute Gasteiger partial charge is 0.481 e. The van der Waals surface area contributed by atoms with Gasteiger partial charge in [-0.3, -0.25) is 14.0 Å². The van der Waals surface area contributed by atoms with E-state index in [1.54, 1.807) is 12.4 Å². The van der Waals surface area contributed by atoms with Gasteiger partial charge >= 0.3 is 5.97 Å². The van der Waals surface area contributed by atoms with Crippen LogP contribution in [-0.4, -0.2) is 35.4 Å². The first-order valence-electron chi connectivity index (χ1n) is 9.59. The third-order valence-corrected chi connectivity index (χ3v) is 5.86. The molecule has 29 heavy (non-hydrogen) atoms. The normalized spacial score (nSPS) is 19.7. The van der Waals surface area contributed by atoms with E-state index in [-0.39, 0.29) is 17.4 Å². The predicted molar refractivity (Wildman–Crippen MR) is 108 cm³/mol. The number of anilines is 1. The molecule has 4 aromatic heterocycles. The molecule has 0 aliphatic heterocycles. The third-order valence-electron chi connectivity index (χ3n) is 5.86. The quantitative estimate of drug-likeness (QED) is 0.422. The molecule has 0 aromatic carbocycles. The van der Waals surface area contributed by atoms with Crippen molar-refractivity contribution in [2.24, 2.45) is 5.92 Å². The van der Waals surface area contributed by atoms with Crippen molar-refractivity contribution in [3.05, 3.63) is 46.9 Å². The molecule has 1 aliphatic carbocycles. The van der Waals surface area contributed by atoms with E-state index in [1.807, 2.05) is 22.7 Å². The van der Waals surface area contributed by atoms with Crippen molar-refractivity contribution < 1.29 is 9.90 Å². The van der Waals surface area contributed by atoms with Gasteiger partial charge in [-0.05, 0) is 37.8 Å². The summed E-state index contributed by atoms with van der Waals surface area (Å²) < 4.78 is 1.94. The van der Waals surface area contributed by atoms with Crippen LogP contribution in [0.2, 0.25) is 0 Å². The molecule has 0 saturated heterocycles. The lowest BCUT2D eigenvalue weighted by Gasteiger charge is -2.25. The van der Waals surface area contributed by atoms with Crippen molar-refractivity contribution >= 4 is 28.2 Å². The highest BCUT2D eigenvalue weighted by Gasteiger charge is 2.30. The number of nitrogens with two attached hydrogens (primary N) is 1. The number of rotatable bonds is 3. The molecule has 9 nitrogen and oxygen atoms in total. The smallest absolute Gasteiger partial charge is 0.306 e. The average Bonchev–Trinajstić information content (AvgIpc) is 3.31. The highest BCUT2D eigenvalue weighted by Crippen LogP contribution is 2.38. The van der Waals surface area contributed by atoms with Gasteiger partial charge in [-0.2, -0.15) is 0 Å². The van der Waals surface area contributed by atoms with Crippen molar-refractivity contribution in [2.45, 2.75) is 31.6 Å². The summed E-state index contributed by atoms with van der Waals surface area (Å²) >= 11 is 0. The zero-order valence-corrected chi connectivity index (χ0v) is 15.6. The summed E-state index contributed by atoms with van der Waals surface area (Å²) in [4.78, 5) is 38.3. The van der Waals surface area contributed by atoms with Gasteiger partial charge in [-0.25, -0.2) is 9.97 Å². The van der Waals surface area contributed by atoms with E-state index < -0.39 is 5.97 Å². The van der Waals surface area contributed by atoms with Crippen LogP contribution < -0.4 is 11.3 Å². The molecule has 0 bridgehead atoms. The molecule has 0 spiro atoms. The lowest BCUT2D eigenvalue weighted by atomic mass is 9.81. The SMILES string of the molecule is Nc1nccn2c1c(-c1cc3cc[nH]c(=O)c3[nH]1)nc2[C@H]1CC[C@H](C(=O)O)CC1. The number of hydrogen-bond donors (Lipinski definition) is 4. The molecular weight excluding hydrogens is 372 g/mol. The van der Waals surface area contributed by atoms with E-state index in [2.05, 4.69) is 15.0 Å². The minimum absolute atomic E-state index is 0.140. The number of aromatic nitrogens is 5. The van der Waals surface area contributed by atoms with E-state index in [9.17, 15) is 14.7 Å². The zero-order chi connectivity index (χ0) is 20.1. The van der Waals surface area contributed by atoms with E-state index in [4.69, 9.17) is 10.7 Å². The lowest BCUT2D eigenvalue weighted by Crippen LogP contribution is -2.21. The van der Waals surface area contributed by atoms with Crippen LogP contribution in [-0.2, 0) is 4.79 Å². The standard InChI is InChI=1S/C20H20N6O3/c21-17-16-15(13-9-12-5-6-23-19(27)14(12)24-13)25-18(26(16)8-7-22-17)10-1-3-11(4-2-10)20(28)29/h5-11,24H,1-4H2,(H2,21,22)(H,23,27)(H,28,29)/t10-,11-. The highest BCUT2D eigenvalue weighted by molar-refractivity contribution is 5.90. The van der Waals surface area contributed by atoms with Crippen LogP contribution in [0.25, 0.3) is 27.8 Å². The number of aromatic amines is 2. The first-order valence-corrected chi connectivity index (χ1v) is 9.59. The monoisotopic (exact) mass is 392 g/mol. The Morgan fingerprint density at radius 3 is 2.79 bits per heavy atom. The van der Waals surface area contributed by atoms with Gasteiger partial charge in [0.1, 0.15) is 28.4 Å². The zero-order valence-electron chi connectivity index (χ0n) is 15.6. The molecule has 0 atom stereocenters. The number of carboxylic acids is 1. The summed E-state index contributed by atoms with van der Waals surface area (Å²) in [5, 5.41) is 10.1. The van der Waals surface area contributed by atoms with Crippen molar-refractivity contribution in [1.29, 1.82) is 0 Å². The number of hydrogen-bond acceptors (Lipinski definition) is 5. The maximum absolute atomic E-state index is 12.1. The number of nitrogens with zero attached hydrogens (tertiary/aromatic N) is 3. The number of aliphatic carboxylic acids is 1. The summed E-state index contributed by atoms with van der Waals surface area (Å²) in [7, 11) is 0. The van der Waals surface area contributed by atoms with E-state index in [0.29, 0.717) is 41.1 Å². The minimum Gasteiger partial charge on any atom is -0.481 e. The maximum atomic E-state index is 12.1. The van der Waals surface area contributed by atoms with Crippen LogP contribution >= 0.6 is 0 Å². The Kier molecular flexibility index (Phi) is 3.90. The fourth-order valence-corrected chi connectivity index (χ4v) is 4.36. The van der Waals surface area contributed by atoms with E-state index in [1.165, 1.54) is 0 Å². The molecule has 1 saturated carbocycles. The molecule has 9 heteroatoms. The van der Waals surface area contributed by atoms with E-state index in [0.717, 1.165) is 24.1 Å². The summed E-state index contributed by atoms with van der Waals surface area (Å²) in [5.41, 5.74) is 8.49. The molecule has 148 valence electrons. The number of fused-ring (bicyclic) bond motifs is 2. The van der Waals surface area contributed by atoms with Crippen LogP contribution in [0.5, 0.6) is 0 Å². The molecule has 1 fully saturated rings. The van der Waals surface area contributed by atoms with Gasteiger partial charge in [0.25, 0.3) is 5.56 Å². The molecule has 4 heterocycles. The first-order chi connectivity index (χ1) is 14.0. The van der Waals surface area contributed by atoms with Crippen molar-refractivity contribution in [3.63, 3.8) is 0 Å². The van der Waals surface area contributed by atoms with Gasteiger partial charge in [0.15, 0.2) is 0 Å². The van der Waals surface area contributed by atoms with Crippen LogP contribution in [0, 0.1) is 5.92 Å². The third kappa shape index (κ3) is 2.77. The summed E-state index contributed by atoms with van der Waals surface area (Å²) in [6.07, 6.45) is 7.84. The number of pyridine rings is 1. The fourth-order valence-electron chi connectivity index (χ4n) is 4.36. The average molecular weight is 392 g/mol. The first kappa shape index (κ1) is 17.5. The Hall–Kier alpha value is -3.62. The molecule has 0 unspecified atom stereocenters. The number of imidazole rings is 1. The Morgan fingerprint density at radius 1 is 1.28 bits per heavy atom. The summed E-state index contributed by atoms with van der Waals surface area (Å²) in [6.45, 7) is 0. The summed E-state index contributed by atoms with van der Waals surface area (Å²) in [5.74, 6) is 0.327. The van der Waals surface area contributed by atoms with Crippen LogP contribution in [0.15, 0.2) is 35.5 Å². The Labute approximate surface area is 164 Å². The van der Waals surface area contributed by atoms with Gasteiger partial charge < -0.3 is 20.8 Å². The lowest BCUT2D eigenvalue weighted by molar-refractivity contribution is -0.142. The Morgan fingerprint density at radius 2 is 2.07 bits per heavy atom. The molecule has 5 N–H and O–H groups in total. The van der Waals surface area contributed by atoms with Crippen molar-refractivity contribution in [3.8, 4) is 11.4 Å². The number of H-pyrrole nitrogens is 2. The Bertz CT molecular complexity index is 1290. The van der Waals surface area contributed by atoms with Gasteiger partial charge in [-0.15, -0.1) is 0 Å². The molecule has 5 rings (SSSR count). The maximum Gasteiger partial charge on any atom is 0.306 e. The second-order valence-electron chi connectivity index (χ2n) is 7.56.